The van der Waals surface area contributed by atoms with Gasteiger partial charge in [-0.25, -0.2) is 4.39 Å². The van der Waals surface area contributed by atoms with E-state index in [-0.39, 0.29) is 17.2 Å². The van der Waals surface area contributed by atoms with E-state index in [2.05, 4.69) is 18.8 Å². The van der Waals surface area contributed by atoms with E-state index < -0.39 is 6.10 Å². The van der Waals surface area contributed by atoms with Crippen LogP contribution in [0.2, 0.25) is 0 Å². The fourth-order valence-electron chi connectivity index (χ4n) is 1.87. The van der Waals surface area contributed by atoms with Gasteiger partial charge in [0.2, 0.25) is 0 Å². The fourth-order valence-corrected chi connectivity index (χ4v) is 1.87. The number of aromatic nitrogens is 1. The van der Waals surface area contributed by atoms with Crippen LogP contribution < -0.4 is 0 Å². The zero-order valence-corrected chi connectivity index (χ0v) is 8.37. The van der Waals surface area contributed by atoms with Gasteiger partial charge in [0.15, 0.2) is 0 Å². The monoisotopic (exact) mass is 195 g/mol. The molecule has 2 unspecified atom stereocenters. The van der Waals surface area contributed by atoms with Crippen LogP contribution in [0, 0.1) is 17.2 Å². The molecule has 0 radical (unpaired) electrons. The van der Waals surface area contributed by atoms with Gasteiger partial charge in [0.1, 0.15) is 5.82 Å². The lowest BCUT2D eigenvalue weighted by Crippen LogP contribution is -2.05. The predicted molar refractivity (Wildman–Crippen MR) is 51.0 cm³/mol. The molecule has 1 aliphatic carbocycles. The Kier molecular flexibility index (Phi) is 2.07. The van der Waals surface area contributed by atoms with Crippen LogP contribution in [0.5, 0.6) is 0 Å². The van der Waals surface area contributed by atoms with Crippen LogP contribution in [-0.4, -0.2) is 10.1 Å². The first-order chi connectivity index (χ1) is 6.50. The molecule has 2 rings (SSSR count). The van der Waals surface area contributed by atoms with Crippen molar-refractivity contribution in [1.29, 1.82) is 0 Å². The molecule has 76 valence electrons. The average Bonchev–Trinajstić information content (AvgIpc) is 2.74. The number of aliphatic hydroxyl groups excluding tert-OH is 1. The molecular formula is C11H14FNO. The summed E-state index contributed by atoms with van der Waals surface area (Å²) >= 11 is 0. The highest BCUT2D eigenvalue weighted by Gasteiger charge is 2.50. The zero-order valence-electron chi connectivity index (χ0n) is 8.37. The van der Waals surface area contributed by atoms with Crippen LogP contribution in [0.1, 0.15) is 31.9 Å². The van der Waals surface area contributed by atoms with E-state index in [4.69, 9.17) is 0 Å². The molecule has 3 heteroatoms. The number of aliphatic hydroxyl groups is 1. The summed E-state index contributed by atoms with van der Waals surface area (Å²) in [5.74, 6) is -0.147. The van der Waals surface area contributed by atoms with Crippen molar-refractivity contribution in [2.24, 2.45) is 11.3 Å². The first-order valence-corrected chi connectivity index (χ1v) is 4.79. The van der Waals surface area contributed by atoms with Crippen LogP contribution in [0.25, 0.3) is 0 Å². The Labute approximate surface area is 82.8 Å². The van der Waals surface area contributed by atoms with Crippen molar-refractivity contribution in [3.8, 4) is 0 Å². The molecule has 0 bridgehead atoms. The summed E-state index contributed by atoms with van der Waals surface area (Å²) < 4.78 is 12.8. The topological polar surface area (TPSA) is 33.1 Å². The Balaban J connectivity index is 2.16. The normalized spacial score (nSPS) is 25.9. The Morgan fingerprint density at radius 2 is 2.21 bits per heavy atom. The van der Waals surface area contributed by atoms with E-state index in [1.807, 2.05) is 0 Å². The molecule has 1 aromatic rings. The van der Waals surface area contributed by atoms with Crippen LogP contribution in [-0.2, 0) is 0 Å². The van der Waals surface area contributed by atoms with Crippen LogP contribution in [0.4, 0.5) is 4.39 Å². The summed E-state index contributed by atoms with van der Waals surface area (Å²) in [6.45, 7) is 4.21. The van der Waals surface area contributed by atoms with Crippen molar-refractivity contribution in [2.75, 3.05) is 0 Å². The molecule has 0 aromatic carbocycles. The molecule has 0 spiro atoms. The first-order valence-electron chi connectivity index (χ1n) is 4.79. The lowest BCUT2D eigenvalue weighted by molar-refractivity contribution is 0.137. The Morgan fingerprint density at radius 3 is 2.71 bits per heavy atom. The number of pyridine rings is 1. The van der Waals surface area contributed by atoms with Gasteiger partial charge in [-0.1, -0.05) is 13.8 Å². The van der Waals surface area contributed by atoms with Gasteiger partial charge in [0.25, 0.3) is 0 Å². The third-order valence-electron chi connectivity index (χ3n) is 3.04. The third-order valence-corrected chi connectivity index (χ3v) is 3.04. The van der Waals surface area contributed by atoms with Gasteiger partial charge in [-0.2, -0.15) is 0 Å². The summed E-state index contributed by atoms with van der Waals surface area (Å²) in [6.07, 6.45) is 3.09. The molecule has 0 aliphatic heterocycles. The van der Waals surface area contributed by atoms with E-state index in [1.165, 1.54) is 12.3 Å². The maximum absolute atomic E-state index is 12.8. The van der Waals surface area contributed by atoms with Crippen molar-refractivity contribution in [1.82, 2.24) is 4.98 Å². The van der Waals surface area contributed by atoms with Crippen LogP contribution in [0.3, 0.4) is 0 Å². The lowest BCUT2D eigenvalue weighted by atomic mass is 10.0. The lowest BCUT2D eigenvalue weighted by Gasteiger charge is -2.12. The third kappa shape index (κ3) is 1.64. The molecule has 2 atom stereocenters. The zero-order chi connectivity index (χ0) is 10.3. The van der Waals surface area contributed by atoms with E-state index in [0.717, 1.165) is 12.6 Å². The van der Waals surface area contributed by atoms with Crippen LogP contribution in [0.15, 0.2) is 18.5 Å². The van der Waals surface area contributed by atoms with E-state index in [1.54, 1.807) is 0 Å². The second kappa shape index (κ2) is 3.02. The molecular weight excluding hydrogens is 181 g/mol. The van der Waals surface area contributed by atoms with Crippen molar-refractivity contribution in [3.63, 3.8) is 0 Å². The van der Waals surface area contributed by atoms with Gasteiger partial charge < -0.3 is 5.11 Å². The van der Waals surface area contributed by atoms with E-state index in [0.29, 0.717) is 5.56 Å². The Morgan fingerprint density at radius 1 is 1.57 bits per heavy atom. The molecule has 1 aromatic heterocycles. The second-order valence-electron chi connectivity index (χ2n) is 4.68. The van der Waals surface area contributed by atoms with Gasteiger partial charge >= 0.3 is 0 Å². The van der Waals surface area contributed by atoms with Crippen molar-refractivity contribution in [2.45, 2.75) is 26.4 Å². The number of hydrogen-bond acceptors (Lipinski definition) is 2. The second-order valence-corrected chi connectivity index (χ2v) is 4.68. The Bertz CT molecular complexity index is 351. The largest absolute Gasteiger partial charge is 0.388 e. The van der Waals surface area contributed by atoms with Crippen molar-refractivity contribution < 1.29 is 9.50 Å². The molecule has 2 nitrogen and oxygen atoms in total. The van der Waals surface area contributed by atoms with Gasteiger partial charge in [0.05, 0.1) is 12.3 Å². The smallest absolute Gasteiger partial charge is 0.141 e. The minimum Gasteiger partial charge on any atom is -0.388 e. The molecule has 1 heterocycles. The van der Waals surface area contributed by atoms with Gasteiger partial charge in [-0.05, 0) is 23.8 Å². The standard InChI is InChI=1S/C11H14FNO/c1-11(2)4-9(11)10(14)7-3-8(12)6-13-5-7/h3,5-6,9-10,14H,4H2,1-2H3. The van der Waals surface area contributed by atoms with Crippen molar-refractivity contribution >= 4 is 0 Å². The highest BCUT2D eigenvalue weighted by molar-refractivity contribution is 5.18. The SMILES string of the molecule is CC1(C)CC1C(O)c1cncc(F)c1. The maximum Gasteiger partial charge on any atom is 0.141 e. The highest BCUT2D eigenvalue weighted by Crippen LogP contribution is 2.57. The van der Waals surface area contributed by atoms with Crippen molar-refractivity contribution in [3.05, 3.63) is 29.8 Å². The summed E-state index contributed by atoms with van der Waals surface area (Å²) in [6, 6.07) is 1.35. The van der Waals surface area contributed by atoms with Gasteiger partial charge in [0, 0.05) is 11.8 Å². The minimum atomic E-state index is -0.576. The number of hydrogen-bond donors (Lipinski definition) is 1. The van der Waals surface area contributed by atoms with Crippen LogP contribution >= 0.6 is 0 Å². The molecule has 0 saturated heterocycles. The molecule has 14 heavy (non-hydrogen) atoms. The minimum absolute atomic E-state index is 0.186. The van der Waals surface area contributed by atoms with E-state index in [9.17, 15) is 9.50 Å². The molecule has 1 aliphatic rings. The average molecular weight is 195 g/mol. The fraction of sp³-hybridized carbons (Fsp3) is 0.545. The molecule has 1 N–H and O–H groups in total. The molecule has 1 fully saturated rings. The number of halogens is 1. The summed E-state index contributed by atoms with van der Waals surface area (Å²) in [5, 5.41) is 9.91. The predicted octanol–water partition coefficient (Wildman–Crippen LogP) is 2.30. The summed E-state index contributed by atoms with van der Waals surface area (Å²) in [7, 11) is 0. The molecule has 0 amide bonds. The molecule has 1 saturated carbocycles. The summed E-state index contributed by atoms with van der Waals surface area (Å²) in [4.78, 5) is 3.73. The first kappa shape index (κ1) is 9.59. The highest BCUT2D eigenvalue weighted by atomic mass is 19.1. The van der Waals surface area contributed by atoms with Gasteiger partial charge in [-0.15, -0.1) is 0 Å². The van der Waals surface area contributed by atoms with E-state index >= 15 is 0 Å². The quantitative estimate of drug-likeness (QED) is 0.785. The number of nitrogens with zero attached hydrogens (tertiary/aromatic N) is 1. The maximum atomic E-state index is 12.8. The van der Waals surface area contributed by atoms with Gasteiger partial charge in [-0.3, -0.25) is 4.98 Å². The Hall–Kier alpha value is -0.960. The summed E-state index contributed by atoms with van der Waals surface area (Å²) in [5.41, 5.74) is 0.770. The number of rotatable bonds is 2.